The lowest BCUT2D eigenvalue weighted by Crippen LogP contribution is -2.44. The Labute approximate surface area is 191 Å². The van der Waals surface area contributed by atoms with Crippen molar-refractivity contribution < 1.29 is 32.2 Å². The molecule has 2 aromatic rings. The molecule has 0 aliphatic carbocycles. The predicted molar refractivity (Wildman–Crippen MR) is 116 cm³/mol. The Balaban J connectivity index is 0.00000363. The molecule has 32 heavy (non-hydrogen) atoms. The molecule has 2 unspecified atom stereocenters. The largest absolute Gasteiger partial charge is 0.482 e. The Bertz CT molecular complexity index is 876. The molecular formula is C23H27ClF3NO4. The molecule has 1 aliphatic heterocycles. The second kappa shape index (κ2) is 11.5. The van der Waals surface area contributed by atoms with Gasteiger partial charge in [0.2, 0.25) is 0 Å². The number of rotatable bonds is 7. The average Bonchev–Trinajstić information content (AvgIpc) is 2.78. The summed E-state index contributed by atoms with van der Waals surface area (Å²) < 4.78 is 54.8. The molecule has 0 aromatic heterocycles. The number of ether oxygens (including phenoxy) is 3. The summed E-state index contributed by atoms with van der Waals surface area (Å²) >= 11 is 0. The van der Waals surface area contributed by atoms with Gasteiger partial charge in [0.25, 0.3) is 0 Å². The Morgan fingerprint density at radius 3 is 2.59 bits per heavy atom. The Morgan fingerprint density at radius 2 is 1.94 bits per heavy atom. The summed E-state index contributed by atoms with van der Waals surface area (Å²) in [6.45, 7) is 3.67. The third-order valence-corrected chi connectivity index (χ3v) is 5.35. The van der Waals surface area contributed by atoms with Crippen LogP contribution in [0.4, 0.5) is 13.2 Å². The van der Waals surface area contributed by atoms with E-state index in [0.29, 0.717) is 24.5 Å². The summed E-state index contributed by atoms with van der Waals surface area (Å²) in [4.78, 5) is 13.4. The number of alkyl halides is 3. The van der Waals surface area contributed by atoms with Crippen molar-refractivity contribution in [3.63, 3.8) is 0 Å². The van der Waals surface area contributed by atoms with Crippen LogP contribution in [0.1, 0.15) is 29.7 Å². The van der Waals surface area contributed by atoms with Crippen LogP contribution in [0.3, 0.4) is 0 Å². The van der Waals surface area contributed by atoms with E-state index < -0.39 is 23.8 Å². The van der Waals surface area contributed by atoms with Gasteiger partial charge in [-0.25, -0.2) is 4.79 Å². The molecular weight excluding hydrogens is 447 g/mol. The number of esters is 1. The third kappa shape index (κ3) is 7.12. The van der Waals surface area contributed by atoms with Gasteiger partial charge >= 0.3 is 12.1 Å². The number of carbonyl (C=O) groups excluding carboxylic acids is 1. The van der Waals surface area contributed by atoms with Crippen molar-refractivity contribution in [1.82, 2.24) is 4.90 Å². The molecule has 9 heteroatoms. The minimum Gasteiger partial charge on any atom is -0.482 e. The van der Waals surface area contributed by atoms with Gasteiger partial charge in [-0.2, -0.15) is 13.2 Å². The van der Waals surface area contributed by atoms with Crippen LogP contribution >= 0.6 is 12.4 Å². The standard InChI is InChI=1S/C23H26F3NO4.ClH/c1-16(12-17-6-8-20(9-7-17)31-15-22(28)29-2)27-10-11-30-21(14-27)18-4-3-5-19(13-18)23(24,25)26;/h3-9,13,16,21H,10-12,14-15H2,1-2H3;1H. The van der Waals surface area contributed by atoms with E-state index in [1.54, 1.807) is 18.2 Å². The molecule has 0 spiro atoms. The first-order valence-electron chi connectivity index (χ1n) is 10.1. The molecule has 0 bridgehead atoms. The highest BCUT2D eigenvalue weighted by atomic mass is 35.5. The summed E-state index contributed by atoms with van der Waals surface area (Å²) in [5.74, 6) is 0.137. The van der Waals surface area contributed by atoms with Crippen LogP contribution < -0.4 is 4.74 Å². The molecule has 0 N–H and O–H groups in total. The van der Waals surface area contributed by atoms with Crippen molar-refractivity contribution in [3.05, 3.63) is 65.2 Å². The number of morpholine rings is 1. The predicted octanol–water partition coefficient (Wildman–Crippen LogP) is 4.68. The number of benzene rings is 2. The van der Waals surface area contributed by atoms with E-state index in [1.807, 2.05) is 12.1 Å². The lowest BCUT2D eigenvalue weighted by atomic mass is 10.0. The molecule has 1 saturated heterocycles. The quantitative estimate of drug-likeness (QED) is 0.546. The van der Waals surface area contributed by atoms with E-state index >= 15 is 0 Å². The number of hydrogen-bond acceptors (Lipinski definition) is 5. The first kappa shape index (κ1) is 26.0. The van der Waals surface area contributed by atoms with Crippen molar-refractivity contribution in [3.8, 4) is 5.75 Å². The van der Waals surface area contributed by atoms with Crippen LogP contribution in [0.2, 0.25) is 0 Å². The van der Waals surface area contributed by atoms with E-state index in [4.69, 9.17) is 9.47 Å². The smallest absolute Gasteiger partial charge is 0.416 e. The summed E-state index contributed by atoms with van der Waals surface area (Å²) in [5.41, 5.74) is 0.979. The monoisotopic (exact) mass is 473 g/mol. The van der Waals surface area contributed by atoms with Crippen LogP contribution in [-0.4, -0.2) is 50.3 Å². The van der Waals surface area contributed by atoms with Crippen LogP contribution in [-0.2, 0) is 26.9 Å². The minimum absolute atomic E-state index is 0. The zero-order valence-electron chi connectivity index (χ0n) is 17.9. The van der Waals surface area contributed by atoms with Gasteiger partial charge in [0, 0.05) is 19.1 Å². The molecule has 5 nitrogen and oxygen atoms in total. The summed E-state index contributed by atoms with van der Waals surface area (Å²) in [6.07, 6.45) is -4.00. The van der Waals surface area contributed by atoms with E-state index in [9.17, 15) is 18.0 Å². The van der Waals surface area contributed by atoms with Crippen LogP contribution in [0.25, 0.3) is 0 Å². The molecule has 2 atom stereocenters. The van der Waals surface area contributed by atoms with Crippen molar-refractivity contribution in [2.75, 3.05) is 33.4 Å². The molecule has 3 rings (SSSR count). The van der Waals surface area contributed by atoms with Gasteiger partial charge in [-0.3, -0.25) is 4.90 Å². The lowest BCUT2D eigenvalue weighted by Gasteiger charge is -2.37. The van der Waals surface area contributed by atoms with Crippen LogP contribution in [0.15, 0.2) is 48.5 Å². The first-order valence-corrected chi connectivity index (χ1v) is 10.1. The van der Waals surface area contributed by atoms with Crippen LogP contribution in [0, 0.1) is 0 Å². The SMILES string of the molecule is COC(=O)COc1ccc(CC(C)N2CCOC(c3cccc(C(F)(F)F)c3)C2)cc1.Cl. The molecule has 0 amide bonds. The summed E-state index contributed by atoms with van der Waals surface area (Å²) in [6, 6.07) is 13.0. The summed E-state index contributed by atoms with van der Waals surface area (Å²) in [5, 5.41) is 0. The number of methoxy groups -OCH3 is 1. The number of hydrogen-bond donors (Lipinski definition) is 0. The van der Waals surface area contributed by atoms with Crippen molar-refractivity contribution >= 4 is 18.4 Å². The number of carbonyl (C=O) groups is 1. The van der Waals surface area contributed by atoms with Crippen molar-refractivity contribution in [1.29, 1.82) is 0 Å². The maximum Gasteiger partial charge on any atom is 0.416 e. The fraction of sp³-hybridized carbons (Fsp3) is 0.435. The number of nitrogens with zero attached hydrogens (tertiary/aromatic N) is 1. The van der Waals surface area contributed by atoms with E-state index in [2.05, 4.69) is 16.6 Å². The highest BCUT2D eigenvalue weighted by molar-refractivity contribution is 5.85. The maximum absolute atomic E-state index is 13.0. The van der Waals surface area contributed by atoms with E-state index in [0.717, 1.165) is 24.6 Å². The molecule has 0 radical (unpaired) electrons. The second-order valence-electron chi connectivity index (χ2n) is 7.54. The Hall–Kier alpha value is -2.29. The van der Waals surface area contributed by atoms with Crippen LogP contribution in [0.5, 0.6) is 5.75 Å². The molecule has 1 aliphatic rings. The highest BCUT2D eigenvalue weighted by Crippen LogP contribution is 2.32. The normalized spacial score (nSPS) is 17.8. The molecule has 0 saturated carbocycles. The molecule has 2 aromatic carbocycles. The van der Waals surface area contributed by atoms with Gasteiger partial charge in [-0.05, 0) is 48.7 Å². The van der Waals surface area contributed by atoms with Crippen molar-refractivity contribution in [2.24, 2.45) is 0 Å². The van der Waals surface area contributed by atoms with Gasteiger partial charge in [0.15, 0.2) is 6.61 Å². The highest BCUT2D eigenvalue weighted by Gasteiger charge is 2.32. The first-order chi connectivity index (χ1) is 14.8. The van der Waals surface area contributed by atoms with E-state index in [-0.39, 0.29) is 25.1 Å². The number of halogens is 4. The zero-order valence-corrected chi connectivity index (χ0v) is 18.7. The molecule has 1 heterocycles. The van der Waals surface area contributed by atoms with Gasteiger partial charge in [-0.1, -0.05) is 24.3 Å². The van der Waals surface area contributed by atoms with Gasteiger partial charge in [0.05, 0.1) is 25.4 Å². The minimum atomic E-state index is -4.37. The van der Waals surface area contributed by atoms with Gasteiger partial charge in [-0.15, -0.1) is 12.4 Å². The Kier molecular flexibility index (Phi) is 9.36. The van der Waals surface area contributed by atoms with Crippen molar-refractivity contribution in [2.45, 2.75) is 31.7 Å². The molecule has 176 valence electrons. The van der Waals surface area contributed by atoms with Gasteiger partial charge < -0.3 is 14.2 Å². The van der Waals surface area contributed by atoms with E-state index in [1.165, 1.54) is 19.2 Å². The van der Waals surface area contributed by atoms with Gasteiger partial charge in [0.1, 0.15) is 5.75 Å². The fourth-order valence-electron chi connectivity index (χ4n) is 3.58. The third-order valence-electron chi connectivity index (χ3n) is 5.35. The lowest BCUT2D eigenvalue weighted by molar-refractivity contribution is -0.143. The Morgan fingerprint density at radius 1 is 1.22 bits per heavy atom. The topological polar surface area (TPSA) is 48.0 Å². The average molecular weight is 474 g/mol. The second-order valence-corrected chi connectivity index (χ2v) is 7.54. The fourth-order valence-corrected chi connectivity index (χ4v) is 3.58. The maximum atomic E-state index is 13.0. The zero-order chi connectivity index (χ0) is 22.4. The summed E-state index contributed by atoms with van der Waals surface area (Å²) in [7, 11) is 1.30. The molecule has 1 fully saturated rings.